The Kier molecular flexibility index (Phi) is 4.62. The lowest BCUT2D eigenvalue weighted by atomic mass is 10.1. The van der Waals surface area contributed by atoms with Crippen LogP contribution in [0.25, 0.3) is 0 Å². The van der Waals surface area contributed by atoms with Crippen LogP contribution in [0, 0.1) is 0 Å². The third kappa shape index (κ3) is 4.03. The molecule has 20 heavy (non-hydrogen) atoms. The summed E-state index contributed by atoms with van der Waals surface area (Å²) in [4.78, 5) is 23.2. The number of carbonyl (C=O) groups is 2. The van der Waals surface area contributed by atoms with Crippen LogP contribution in [0.4, 0.5) is 0 Å². The van der Waals surface area contributed by atoms with Crippen molar-refractivity contribution in [2.24, 2.45) is 5.10 Å². The smallest absolute Gasteiger partial charge is 0.335 e. The maximum atomic E-state index is 11.5. The number of benzene rings is 1. The van der Waals surface area contributed by atoms with Crippen molar-refractivity contribution >= 4 is 29.4 Å². The van der Waals surface area contributed by atoms with Gasteiger partial charge in [0, 0.05) is 4.88 Å². The number of hydrazone groups is 1. The van der Waals surface area contributed by atoms with E-state index in [0.29, 0.717) is 12.0 Å². The average Bonchev–Trinajstić information content (AvgIpc) is 2.92. The first kappa shape index (κ1) is 14.0. The Morgan fingerprint density at radius 3 is 2.60 bits per heavy atom. The standard InChI is InChI=1S/C14H12N2O3S/c17-13(8-12-2-1-7-20-12)16-15-9-10-3-5-11(6-4-10)14(18)19/h1-7,9H,8H2,(H,16,17)(H,18,19). The van der Waals surface area contributed by atoms with Gasteiger partial charge < -0.3 is 5.11 Å². The Hall–Kier alpha value is -2.47. The number of rotatable bonds is 5. The number of hydrogen-bond donors (Lipinski definition) is 2. The Morgan fingerprint density at radius 2 is 2.00 bits per heavy atom. The molecule has 1 aromatic carbocycles. The Labute approximate surface area is 119 Å². The van der Waals surface area contributed by atoms with Crippen molar-refractivity contribution < 1.29 is 14.7 Å². The highest BCUT2D eigenvalue weighted by Crippen LogP contribution is 2.08. The van der Waals surface area contributed by atoms with Crippen molar-refractivity contribution in [1.29, 1.82) is 0 Å². The van der Waals surface area contributed by atoms with Gasteiger partial charge in [-0.05, 0) is 29.1 Å². The normalized spacial score (nSPS) is 10.6. The molecule has 2 rings (SSSR count). The molecule has 0 radical (unpaired) electrons. The molecule has 0 unspecified atom stereocenters. The number of carboxylic acids is 1. The maximum absolute atomic E-state index is 11.5. The molecule has 6 heteroatoms. The summed E-state index contributed by atoms with van der Waals surface area (Å²) in [5.74, 6) is -1.16. The van der Waals surface area contributed by atoms with Crippen molar-refractivity contribution in [2.75, 3.05) is 0 Å². The van der Waals surface area contributed by atoms with Crippen LogP contribution in [-0.2, 0) is 11.2 Å². The van der Waals surface area contributed by atoms with Crippen LogP contribution in [0.15, 0.2) is 46.9 Å². The Morgan fingerprint density at radius 1 is 1.25 bits per heavy atom. The molecule has 0 aliphatic heterocycles. The minimum absolute atomic E-state index is 0.189. The monoisotopic (exact) mass is 288 g/mol. The fourth-order valence-electron chi connectivity index (χ4n) is 1.50. The van der Waals surface area contributed by atoms with Gasteiger partial charge in [-0.15, -0.1) is 11.3 Å². The topological polar surface area (TPSA) is 78.8 Å². The molecule has 0 aliphatic carbocycles. The van der Waals surface area contributed by atoms with Crippen molar-refractivity contribution in [1.82, 2.24) is 5.43 Å². The summed E-state index contributed by atoms with van der Waals surface area (Å²) < 4.78 is 0. The first-order valence-electron chi connectivity index (χ1n) is 5.83. The summed E-state index contributed by atoms with van der Waals surface area (Å²) in [6.07, 6.45) is 1.77. The molecule has 102 valence electrons. The van der Waals surface area contributed by atoms with Gasteiger partial charge in [-0.2, -0.15) is 5.10 Å². The number of nitrogens with zero attached hydrogens (tertiary/aromatic N) is 1. The molecule has 2 N–H and O–H groups in total. The highest BCUT2D eigenvalue weighted by molar-refractivity contribution is 7.10. The van der Waals surface area contributed by atoms with E-state index in [1.54, 1.807) is 12.1 Å². The van der Waals surface area contributed by atoms with Gasteiger partial charge in [-0.1, -0.05) is 18.2 Å². The van der Waals surface area contributed by atoms with Crippen LogP contribution in [0.5, 0.6) is 0 Å². The molecule has 0 saturated heterocycles. The van der Waals surface area contributed by atoms with Gasteiger partial charge >= 0.3 is 5.97 Å². The van der Waals surface area contributed by atoms with E-state index in [9.17, 15) is 9.59 Å². The highest BCUT2D eigenvalue weighted by atomic mass is 32.1. The van der Waals surface area contributed by atoms with E-state index in [-0.39, 0.29) is 11.5 Å². The molecule has 0 aliphatic rings. The molecular weight excluding hydrogens is 276 g/mol. The molecular formula is C14H12N2O3S. The van der Waals surface area contributed by atoms with Gasteiger partial charge in [0.15, 0.2) is 0 Å². The van der Waals surface area contributed by atoms with Gasteiger partial charge in [0.2, 0.25) is 5.91 Å². The molecule has 1 amide bonds. The van der Waals surface area contributed by atoms with E-state index in [2.05, 4.69) is 10.5 Å². The summed E-state index contributed by atoms with van der Waals surface area (Å²) >= 11 is 1.52. The summed E-state index contributed by atoms with van der Waals surface area (Å²) in [6, 6.07) is 9.99. The fourth-order valence-corrected chi connectivity index (χ4v) is 2.20. The number of carboxylic acid groups (broad SMARTS) is 1. The highest BCUT2D eigenvalue weighted by Gasteiger charge is 2.02. The van der Waals surface area contributed by atoms with E-state index < -0.39 is 5.97 Å². The van der Waals surface area contributed by atoms with Crippen LogP contribution in [0.2, 0.25) is 0 Å². The summed E-state index contributed by atoms with van der Waals surface area (Å²) in [5.41, 5.74) is 3.35. The predicted molar refractivity (Wildman–Crippen MR) is 77.2 cm³/mol. The number of thiophene rings is 1. The van der Waals surface area contributed by atoms with Crippen molar-refractivity contribution in [2.45, 2.75) is 6.42 Å². The van der Waals surface area contributed by atoms with Crippen molar-refractivity contribution in [3.05, 3.63) is 57.8 Å². The quantitative estimate of drug-likeness (QED) is 0.653. The van der Waals surface area contributed by atoms with E-state index in [1.807, 2.05) is 17.5 Å². The number of aromatic carboxylic acids is 1. The van der Waals surface area contributed by atoms with Crippen molar-refractivity contribution in [3.63, 3.8) is 0 Å². The number of amides is 1. The van der Waals surface area contributed by atoms with Crippen LogP contribution in [0.3, 0.4) is 0 Å². The second-order valence-corrected chi connectivity index (χ2v) is 5.01. The molecule has 5 nitrogen and oxygen atoms in total. The van der Waals surface area contributed by atoms with Gasteiger partial charge in [0.25, 0.3) is 0 Å². The van der Waals surface area contributed by atoms with Crippen LogP contribution < -0.4 is 5.43 Å². The maximum Gasteiger partial charge on any atom is 0.335 e. The lowest BCUT2D eigenvalue weighted by Crippen LogP contribution is -2.19. The number of carbonyl (C=O) groups excluding carboxylic acids is 1. The molecule has 0 atom stereocenters. The van der Waals surface area contributed by atoms with E-state index in [1.165, 1.54) is 29.7 Å². The zero-order chi connectivity index (χ0) is 14.4. The molecule has 1 heterocycles. The molecule has 0 fully saturated rings. The first-order chi connectivity index (χ1) is 9.65. The van der Waals surface area contributed by atoms with Crippen LogP contribution in [-0.4, -0.2) is 23.2 Å². The zero-order valence-electron chi connectivity index (χ0n) is 10.4. The molecule has 0 saturated carbocycles. The average molecular weight is 288 g/mol. The predicted octanol–water partition coefficient (Wildman–Crippen LogP) is 2.14. The summed E-state index contributed by atoms with van der Waals surface area (Å²) in [5, 5.41) is 14.5. The van der Waals surface area contributed by atoms with Gasteiger partial charge in [-0.25, -0.2) is 10.2 Å². The van der Waals surface area contributed by atoms with E-state index >= 15 is 0 Å². The van der Waals surface area contributed by atoms with Crippen LogP contribution in [0.1, 0.15) is 20.8 Å². The molecule has 1 aromatic heterocycles. The van der Waals surface area contributed by atoms with E-state index in [0.717, 1.165) is 4.88 Å². The Balaban J connectivity index is 1.86. The third-order valence-electron chi connectivity index (χ3n) is 2.48. The molecule has 0 bridgehead atoms. The Bertz CT molecular complexity index is 618. The minimum Gasteiger partial charge on any atom is -0.478 e. The number of nitrogens with one attached hydrogen (secondary N) is 1. The van der Waals surface area contributed by atoms with Crippen molar-refractivity contribution in [3.8, 4) is 0 Å². The van der Waals surface area contributed by atoms with E-state index in [4.69, 9.17) is 5.11 Å². The summed E-state index contributed by atoms with van der Waals surface area (Å²) in [6.45, 7) is 0. The second-order valence-electron chi connectivity index (χ2n) is 3.98. The number of hydrogen-bond acceptors (Lipinski definition) is 4. The van der Waals surface area contributed by atoms with Gasteiger partial charge in [-0.3, -0.25) is 4.79 Å². The third-order valence-corrected chi connectivity index (χ3v) is 3.35. The molecule has 2 aromatic rings. The molecule has 0 spiro atoms. The van der Waals surface area contributed by atoms with Crippen LogP contribution >= 0.6 is 11.3 Å². The zero-order valence-corrected chi connectivity index (χ0v) is 11.3. The van der Waals surface area contributed by atoms with Gasteiger partial charge in [0.1, 0.15) is 0 Å². The second kappa shape index (κ2) is 6.63. The SMILES string of the molecule is O=C(Cc1cccs1)NN=Cc1ccc(C(=O)O)cc1. The lowest BCUT2D eigenvalue weighted by Gasteiger charge is -1.98. The lowest BCUT2D eigenvalue weighted by molar-refractivity contribution is -0.120. The minimum atomic E-state index is -0.974. The fraction of sp³-hybridized carbons (Fsp3) is 0.0714. The first-order valence-corrected chi connectivity index (χ1v) is 6.71. The summed E-state index contributed by atoms with van der Waals surface area (Å²) in [7, 11) is 0. The van der Waals surface area contributed by atoms with Gasteiger partial charge in [0.05, 0.1) is 18.2 Å². The largest absolute Gasteiger partial charge is 0.478 e.